The van der Waals surface area contributed by atoms with Gasteiger partial charge in [0.1, 0.15) is 6.07 Å². The van der Waals surface area contributed by atoms with Gasteiger partial charge < -0.3 is 5.32 Å². The lowest BCUT2D eigenvalue weighted by atomic mass is 9.74. The number of benzene rings is 3. The van der Waals surface area contributed by atoms with E-state index >= 15 is 0 Å². The van der Waals surface area contributed by atoms with E-state index in [0.717, 1.165) is 11.3 Å². The highest BCUT2D eigenvalue weighted by atomic mass is 14.8. The molecule has 0 aliphatic heterocycles. The van der Waals surface area contributed by atoms with Gasteiger partial charge in [-0.15, -0.1) is 0 Å². The second-order valence-corrected chi connectivity index (χ2v) is 7.68. The van der Waals surface area contributed by atoms with Gasteiger partial charge in [-0.3, -0.25) is 0 Å². The highest BCUT2D eigenvalue weighted by Gasteiger charge is 2.26. The van der Waals surface area contributed by atoms with Crippen LogP contribution in [0, 0.1) is 18.3 Å². The van der Waals surface area contributed by atoms with E-state index in [-0.39, 0.29) is 5.41 Å². The first-order valence-electron chi connectivity index (χ1n) is 9.71. The first-order chi connectivity index (χ1) is 13.9. The molecule has 0 saturated heterocycles. The Labute approximate surface area is 173 Å². The summed E-state index contributed by atoms with van der Waals surface area (Å²) >= 11 is 0. The molecule has 0 atom stereocenters. The molecule has 0 aliphatic rings. The molecule has 0 fully saturated rings. The van der Waals surface area contributed by atoms with Crippen molar-refractivity contribution in [2.24, 2.45) is 0 Å². The molecule has 3 rings (SSSR count). The fourth-order valence-corrected chi connectivity index (χ4v) is 3.58. The third-order valence-corrected chi connectivity index (χ3v) is 5.33. The van der Waals surface area contributed by atoms with E-state index in [1.54, 1.807) is 6.20 Å². The highest BCUT2D eigenvalue weighted by Crippen LogP contribution is 2.38. The van der Waals surface area contributed by atoms with Crippen LogP contribution in [-0.4, -0.2) is 0 Å². The van der Waals surface area contributed by atoms with Crippen LogP contribution in [0.1, 0.15) is 25.0 Å². The fourth-order valence-electron chi connectivity index (χ4n) is 3.58. The molecule has 2 nitrogen and oxygen atoms in total. The van der Waals surface area contributed by atoms with Crippen molar-refractivity contribution >= 4 is 16.5 Å². The van der Waals surface area contributed by atoms with Crippen molar-refractivity contribution in [1.82, 2.24) is 0 Å². The van der Waals surface area contributed by atoms with E-state index in [1.807, 2.05) is 42.5 Å². The maximum Gasteiger partial charge on any atom is 0.101 e. The molecule has 0 amide bonds. The third kappa shape index (κ3) is 4.47. The summed E-state index contributed by atoms with van der Waals surface area (Å²) < 4.78 is 0. The van der Waals surface area contributed by atoms with E-state index < -0.39 is 0 Å². The number of para-hydroxylation sites is 1. The lowest BCUT2D eigenvalue weighted by molar-refractivity contribution is 0.643. The average Bonchev–Trinajstić information content (AvgIpc) is 2.74. The smallest absolute Gasteiger partial charge is 0.101 e. The topological polar surface area (TPSA) is 35.8 Å². The SMILES string of the molecule is C=C(/C=C/C(C#N)=C/Nc1ccccc1)C(C)(C)c1c(C)ccc2ccccc12. The molecule has 0 bridgehead atoms. The van der Waals surface area contributed by atoms with Crippen LogP contribution in [0.4, 0.5) is 5.69 Å². The third-order valence-electron chi connectivity index (χ3n) is 5.33. The number of aryl methyl sites for hydroxylation is 1. The second-order valence-electron chi connectivity index (χ2n) is 7.68. The van der Waals surface area contributed by atoms with Crippen molar-refractivity contribution in [2.45, 2.75) is 26.2 Å². The Bertz CT molecular complexity index is 1130. The van der Waals surface area contributed by atoms with Crippen LogP contribution in [-0.2, 0) is 5.41 Å². The van der Waals surface area contributed by atoms with E-state index in [0.29, 0.717) is 5.57 Å². The van der Waals surface area contributed by atoms with Crippen LogP contribution in [0.25, 0.3) is 10.8 Å². The number of rotatable bonds is 6. The molecule has 144 valence electrons. The quantitative estimate of drug-likeness (QED) is 0.368. The summed E-state index contributed by atoms with van der Waals surface area (Å²) in [5, 5.41) is 15.1. The molecule has 0 radical (unpaired) electrons. The van der Waals surface area contributed by atoms with Gasteiger partial charge in [-0.2, -0.15) is 5.26 Å². The first-order valence-corrected chi connectivity index (χ1v) is 9.71. The minimum Gasteiger partial charge on any atom is -0.360 e. The summed E-state index contributed by atoms with van der Waals surface area (Å²) in [6.07, 6.45) is 5.48. The molecule has 0 heterocycles. The summed E-state index contributed by atoms with van der Waals surface area (Å²) in [7, 11) is 0. The van der Waals surface area contributed by atoms with E-state index in [9.17, 15) is 5.26 Å². The van der Waals surface area contributed by atoms with Crippen molar-refractivity contribution in [3.63, 3.8) is 0 Å². The summed E-state index contributed by atoms with van der Waals surface area (Å²) in [6, 6.07) is 24.8. The largest absolute Gasteiger partial charge is 0.360 e. The van der Waals surface area contributed by atoms with Gasteiger partial charge in [0.15, 0.2) is 0 Å². The highest BCUT2D eigenvalue weighted by molar-refractivity contribution is 5.88. The van der Waals surface area contributed by atoms with Gasteiger partial charge in [-0.05, 0) is 52.6 Å². The Kier molecular flexibility index (Phi) is 6.00. The number of nitrogens with one attached hydrogen (secondary N) is 1. The van der Waals surface area contributed by atoms with Crippen molar-refractivity contribution in [2.75, 3.05) is 5.32 Å². The maximum absolute atomic E-state index is 9.48. The first kappa shape index (κ1) is 20.2. The number of anilines is 1. The van der Waals surface area contributed by atoms with Gasteiger partial charge in [0.25, 0.3) is 0 Å². The average molecular weight is 379 g/mol. The van der Waals surface area contributed by atoms with Gasteiger partial charge in [0, 0.05) is 17.3 Å². The van der Waals surface area contributed by atoms with Crippen LogP contribution in [0.3, 0.4) is 0 Å². The Morgan fingerprint density at radius 1 is 0.966 bits per heavy atom. The zero-order chi connectivity index (χ0) is 20.9. The molecule has 3 aromatic rings. The summed E-state index contributed by atoms with van der Waals surface area (Å²) in [4.78, 5) is 0. The van der Waals surface area contributed by atoms with Gasteiger partial charge in [0.05, 0.1) is 5.57 Å². The fraction of sp³-hybridized carbons (Fsp3) is 0.148. The number of nitriles is 1. The van der Waals surface area contributed by atoms with Gasteiger partial charge in [0.2, 0.25) is 0 Å². The Morgan fingerprint density at radius 2 is 1.66 bits per heavy atom. The summed E-state index contributed by atoms with van der Waals surface area (Å²) in [5.74, 6) is 0. The van der Waals surface area contributed by atoms with E-state index in [4.69, 9.17) is 0 Å². The van der Waals surface area contributed by atoms with Crippen LogP contribution < -0.4 is 5.32 Å². The van der Waals surface area contributed by atoms with Crippen molar-refractivity contribution in [3.05, 3.63) is 114 Å². The zero-order valence-electron chi connectivity index (χ0n) is 17.2. The van der Waals surface area contributed by atoms with Crippen LogP contribution in [0.15, 0.2) is 103 Å². The number of nitrogens with zero attached hydrogens (tertiary/aromatic N) is 1. The molecule has 0 unspecified atom stereocenters. The molecular weight excluding hydrogens is 352 g/mol. The van der Waals surface area contributed by atoms with E-state index in [2.05, 4.69) is 75.1 Å². The van der Waals surface area contributed by atoms with Crippen LogP contribution in [0.2, 0.25) is 0 Å². The Morgan fingerprint density at radius 3 is 2.38 bits per heavy atom. The van der Waals surface area contributed by atoms with Crippen molar-refractivity contribution in [1.29, 1.82) is 5.26 Å². The molecule has 0 aliphatic carbocycles. The number of allylic oxidation sites excluding steroid dienone is 4. The van der Waals surface area contributed by atoms with Crippen molar-refractivity contribution in [3.8, 4) is 6.07 Å². The molecule has 2 heteroatoms. The number of fused-ring (bicyclic) bond motifs is 1. The lowest BCUT2D eigenvalue weighted by Gasteiger charge is -2.30. The van der Waals surface area contributed by atoms with Gasteiger partial charge in [-0.25, -0.2) is 0 Å². The maximum atomic E-state index is 9.48. The number of hydrogen-bond donors (Lipinski definition) is 1. The molecule has 3 aromatic carbocycles. The molecule has 0 aromatic heterocycles. The monoisotopic (exact) mass is 378 g/mol. The molecule has 1 N–H and O–H groups in total. The lowest BCUT2D eigenvalue weighted by Crippen LogP contribution is -2.20. The minimum atomic E-state index is -0.269. The van der Waals surface area contributed by atoms with Gasteiger partial charge in [-0.1, -0.05) is 81.1 Å². The zero-order valence-corrected chi connectivity index (χ0v) is 17.2. The van der Waals surface area contributed by atoms with Crippen LogP contribution >= 0.6 is 0 Å². The standard InChI is InChI=1S/C27H26N2/c1-20-14-17-23-10-8-9-13-25(23)26(20)27(3,4)21(2)15-16-22(18-28)19-29-24-11-6-5-7-12-24/h5-17,19,29H,2H2,1,3-4H3/b16-15+,22-19-. The van der Waals surface area contributed by atoms with E-state index in [1.165, 1.54) is 21.9 Å². The summed E-state index contributed by atoms with van der Waals surface area (Å²) in [5.41, 5.74) is 4.69. The molecule has 29 heavy (non-hydrogen) atoms. The second kappa shape index (κ2) is 8.63. The predicted molar refractivity (Wildman–Crippen MR) is 124 cm³/mol. The summed E-state index contributed by atoms with van der Waals surface area (Å²) in [6.45, 7) is 10.8. The Balaban J connectivity index is 1.88. The minimum absolute atomic E-state index is 0.269. The molecule has 0 spiro atoms. The number of hydrogen-bond acceptors (Lipinski definition) is 2. The van der Waals surface area contributed by atoms with Crippen molar-refractivity contribution < 1.29 is 0 Å². The van der Waals surface area contributed by atoms with Gasteiger partial charge >= 0.3 is 0 Å². The normalized spacial score (nSPS) is 12.1. The molecule has 0 saturated carbocycles. The predicted octanol–water partition coefficient (Wildman–Crippen LogP) is 7.06. The Hall–Kier alpha value is -3.57. The molecular formula is C27H26N2. The van der Waals surface area contributed by atoms with Crippen LogP contribution in [0.5, 0.6) is 0 Å².